The van der Waals surface area contributed by atoms with Crippen LogP contribution in [-0.4, -0.2) is 71.0 Å². The van der Waals surface area contributed by atoms with E-state index in [1.54, 1.807) is 44.2 Å². The Kier molecular flexibility index (Phi) is 5.94. The number of pyridine rings is 1. The van der Waals surface area contributed by atoms with Crippen LogP contribution in [0.3, 0.4) is 0 Å². The second-order valence-corrected chi connectivity index (χ2v) is 10.9. The van der Waals surface area contributed by atoms with Gasteiger partial charge in [-0.05, 0) is 55.0 Å². The van der Waals surface area contributed by atoms with Crippen LogP contribution in [0.5, 0.6) is 0 Å². The molecule has 2 saturated heterocycles. The third-order valence-corrected chi connectivity index (χ3v) is 8.83. The monoisotopic (exact) mass is 468 g/mol. The number of nitrogens with zero attached hydrogens (tertiary/aromatic N) is 4. The third kappa shape index (κ3) is 4.16. The van der Waals surface area contributed by atoms with Crippen molar-refractivity contribution in [1.82, 2.24) is 18.8 Å². The van der Waals surface area contributed by atoms with E-state index in [1.807, 2.05) is 24.4 Å². The Labute approximate surface area is 193 Å². The number of benzene rings is 1. The summed E-state index contributed by atoms with van der Waals surface area (Å²) in [5, 5.41) is 13.7. The predicted molar refractivity (Wildman–Crippen MR) is 123 cm³/mol. The molecule has 2 aromatic heterocycles. The Balaban J connectivity index is 1.32. The number of carbonyl (C=O) groups is 1. The maximum Gasteiger partial charge on any atom is 0.257 e. The standard InChI is InChI=1S/C24H28N4O4S/c29-17-18-6-10-26(16-18)24(30)22-15-25-28-13-9-20(14-23(22)28)19-7-11-27(12-8-19)33(31,32)21-4-2-1-3-5-21/h1-5,9,13-15,18-19,29H,6-8,10-12,16-17H2. The molecule has 0 aliphatic carbocycles. The highest BCUT2D eigenvalue weighted by Crippen LogP contribution is 2.32. The number of sulfonamides is 1. The Morgan fingerprint density at radius 3 is 2.52 bits per heavy atom. The number of aromatic nitrogens is 2. The van der Waals surface area contributed by atoms with Gasteiger partial charge >= 0.3 is 0 Å². The lowest BCUT2D eigenvalue weighted by Gasteiger charge is -2.31. The molecule has 1 N–H and O–H groups in total. The molecule has 2 aliphatic rings. The van der Waals surface area contributed by atoms with E-state index in [0.29, 0.717) is 36.6 Å². The zero-order valence-electron chi connectivity index (χ0n) is 18.4. The van der Waals surface area contributed by atoms with Crippen molar-refractivity contribution in [3.8, 4) is 0 Å². The normalized spacial score (nSPS) is 20.5. The molecule has 0 radical (unpaired) electrons. The number of aliphatic hydroxyl groups is 1. The molecule has 174 valence electrons. The fourth-order valence-electron chi connectivity index (χ4n) is 4.92. The number of amides is 1. The lowest BCUT2D eigenvalue weighted by Crippen LogP contribution is -2.37. The van der Waals surface area contributed by atoms with Gasteiger partial charge in [0.25, 0.3) is 5.91 Å². The van der Waals surface area contributed by atoms with Gasteiger partial charge in [-0.3, -0.25) is 4.79 Å². The number of piperidine rings is 1. The largest absolute Gasteiger partial charge is 0.396 e. The summed E-state index contributed by atoms with van der Waals surface area (Å²) in [4.78, 5) is 15.2. The van der Waals surface area contributed by atoms with Gasteiger partial charge < -0.3 is 10.0 Å². The van der Waals surface area contributed by atoms with E-state index in [9.17, 15) is 18.3 Å². The van der Waals surface area contributed by atoms with E-state index in [4.69, 9.17) is 0 Å². The molecule has 9 heteroatoms. The molecule has 8 nitrogen and oxygen atoms in total. The van der Waals surface area contributed by atoms with Crippen molar-refractivity contribution in [2.24, 2.45) is 5.92 Å². The first kappa shape index (κ1) is 22.1. The summed E-state index contributed by atoms with van der Waals surface area (Å²) >= 11 is 0. The number of hydrogen-bond donors (Lipinski definition) is 1. The van der Waals surface area contributed by atoms with E-state index < -0.39 is 10.0 Å². The van der Waals surface area contributed by atoms with Gasteiger partial charge in [-0.1, -0.05) is 18.2 Å². The molecule has 1 unspecified atom stereocenters. The summed E-state index contributed by atoms with van der Waals surface area (Å²) in [5.41, 5.74) is 2.44. The topological polar surface area (TPSA) is 95.2 Å². The fraction of sp³-hybridized carbons (Fsp3) is 0.417. The van der Waals surface area contributed by atoms with E-state index >= 15 is 0 Å². The van der Waals surface area contributed by atoms with Gasteiger partial charge in [0.15, 0.2) is 0 Å². The first-order chi connectivity index (χ1) is 16.0. The highest BCUT2D eigenvalue weighted by Gasteiger charge is 2.31. The van der Waals surface area contributed by atoms with Crippen molar-refractivity contribution < 1.29 is 18.3 Å². The smallest absolute Gasteiger partial charge is 0.257 e. The van der Waals surface area contributed by atoms with Gasteiger partial charge in [-0.15, -0.1) is 0 Å². The van der Waals surface area contributed by atoms with Crippen LogP contribution in [-0.2, 0) is 10.0 Å². The summed E-state index contributed by atoms with van der Waals surface area (Å²) in [6.07, 6.45) is 5.75. The van der Waals surface area contributed by atoms with E-state index in [-0.39, 0.29) is 24.3 Å². The van der Waals surface area contributed by atoms with Gasteiger partial charge in [0.1, 0.15) is 0 Å². The number of hydrogen-bond acceptors (Lipinski definition) is 5. The molecule has 1 amide bonds. The highest BCUT2D eigenvalue weighted by atomic mass is 32.2. The van der Waals surface area contributed by atoms with Crippen molar-refractivity contribution in [3.63, 3.8) is 0 Å². The molecule has 3 aromatic rings. The summed E-state index contributed by atoms with van der Waals surface area (Å²) in [6.45, 7) is 2.25. The number of rotatable bonds is 5. The molecule has 0 bridgehead atoms. The maximum absolute atomic E-state index is 13.1. The number of fused-ring (bicyclic) bond motifs is 1. The molecule has 33 heavy (non-hydrogen) atoms. The zero-order chi connectivity index (χ0) is 23.0. The van der Waals surface area contributed by atoms with Gasteiger partial charge in [0.2, 0.25) is 10.0 Å². The molecule has 0 spiro atoms. The maximum atomic E-state index is 13.1. The van der Waals surface area contributed by atoms with Crippen LogP contribution >= 0.6 is 0 Å². The average Bonchev–Trinajstić information content (AvgIpc) is 3.51. The lowest BCUT2D eigenvalue weighted by atomic mass is 9.90. The minimum absolute atomic E-state index is 0.0538. The summed E-state index contributed by atoms with van der Waals surface area (Å²) in [6, 6.07) is 12.6. The molecule has 1 aromatic carbocycles. The minimum atomic E-state index is -3.48. The Morgan fingerprint density at radius 2 is 1.82 bits per heavy atom. The van der Waals surface area contributed by atoms with Crippen LogP contribution in [0, 0.1) is 5.92 Å². The number of likely N-dealkylation sites (tertiary alicyclic amines) is 1. The van der Waals surface area contributed by atoms with Crippen LogP contribution < -0.4 is 0 Å². The lowest BCUT2D eigenvalue weighted by molar-refractivity contribution is 0.0783. The zero-order valence-corrected chi connectivity index (χ0v) is 19.2. The van der Waals surface area contributed by atoms with E-state index in [0.717, 1.165) is 30.3 Å². The number of carbonyl (C=O) groups excluding carboxylic acids is 1. The van der Waals surface area contributed by atoms with Gasteiger partial charge in [-0.2, -0.15) is 9.40 Å². The van der Waals surface area contributed by atoms with Crippen LogP contribution in [0.2, 0.25) is 0 Å². The first-order valence-electron chi connectivity index (χ1n) is 11.4. The van der Waals surface area contributed by atoms with E-state index in [1.165, 1.54) is 0 Å². The third-order valence-electron chi connectivity index (χ3n) is 6.91. The van der Waals surface area contributed by atoms with Crippen LogP contribution in [0.1, 0.15) is 41.1 Å². The second-order valence-electron chi connectivity index (χ2n) is 8.93. The van der Waals surface area contributed by atoms with Crippen LogP contribution in [0.4, 0.5) is 0 Å². The van der Waals surface area contributed by atoms with Gasteiger partial charge in [0, 0.05) is 44.9 Å². The highest BCUT2D eigenvalue weighted by molar-refractivity contribution is 7.89. The molecule has 2 aliphatic heterocycles. The Bertz CT molecular complexity index is 1250. The minimum Gasteiger partial charge on any atom is -0.396 e. The number of aliphatic hydroxyl groups excluding tert-OH is 1. The Hall–Kier alpha value is -2.75. The van der Waals surface area contributed by atoms with Crippen molar-refractivity contribution in [2.75, 3.05) is 32.8 Å². The molecule has 1 atom stereocenters. The first-order valence-corrected chi connectivity index (χ1v) is 12.8. The quantitative estimate of drug-likeness (QED) is 0.620. The van der Waals surface area contributed by atoms with Crippen molar-refractivity contribution in [1.29, 1.82) is 0 Å². The SMILES string of the molecule is O=C(c1cnn2ccc(C3CCN(S(=O)(=O)c4ccccc4)CC3)cc12)N1CCC(CO)C1. The van der Waals surface area contributed by atoms with Gasteiger partial charge in [-0.25, -0.2) is 12.9 Å². The predicted octanol–water partition coefficient (Wildman–Crippen LogP) is 2.36. The molecule has 0 saturated carbocycles. The Morgan fingerprint density at radius 1 is 1.06 bits per heavy atom. The second kappa shape index (κ2) is 8.89. The van der Waals surface area contributed by atoms with Crippen LogP contribution in [0.25, 0.3) is 5.52 Å². The summed E-state index contributed by atoms with van der Waals surface area (Å²) in [7, 11) is -3.48. The summed E-state index contributed by atoms with van der Waals surface area (Å²) < 4.78 is 29.1. The molecule has 5 rings (SSSR count). The van der Waals surface area contributed by atoms with E-state index in [2.05, 4.69) is 5.10 Å². The molecular formula is C24H28N4O4S. The van der Waals surface area contributed by atoms with Crippen molar-refractivity contribution in [2.45, 2.75) is 30.1 Å². The summed E-state index contributed by atoms with van der Waals surface area (Å²) in [5.74, 6) is 0.311. The van der Waals surface area contributed by atoms with Gasteiger partial charge in [0.05, 0.1) is 22.2 Å². The molecular weight excluding hydrogens is 440 g/mol. The average molecular weight is 469 g/mol. The molecule has 4 heterocycles. The van der Waals surface area contributed by atoms with Crippen LogP contribution in [0.15, 0.2) is 59.8 Å². The fourth-order valence-corrected chi connectivity index (χ4v) is 6.41. The van der Waals surface area contributed by atoms with Crippen molar-refractivity contribution in [3.05, 3.63) is 66.0 Å². The van der Waals surface area contributed by atoms with Crippen molar-refractivity contribution >= 4 is 21.4 Å². The molecule has 2 fully saturated rings.